The largest absolute Gasteiger partial charge is 0.350 e. The van der Waals surface area contributed by atoms with Gasteiger partial charge in [-0.1, -0.05) is 48.2 Å². The van der Waals surface area contributed by atoms with Gasteiger partial charge in [-0.15, -0.1) is 10.2 Å². The molecule has 152 valence electrons. The van der Waals surface area contributed by atoms with Crippen LogP contribution in [0.2, 0.25) is 0 Å². The number of nitrogens with zero attached hydrogens (tertiary/aromatic N) is 5. The number of carbonyl (C=O) groups excluding carboxylic acids is 1. The highest BCUT2D eigenvalue weighted by molar-refractivity contribution is 7.99. The van der Waals surface area contributed by atoms with Gasteiger partial charge in [0.25, 0.3) is 0 Å². The highest BCUT2D eigenvalue weighted by Crippen LogP contribution is 2.29. The number of aromatic nitrogens is 5. The molecule has 0 saturated heterocycles. The lowest BCUT2D eigenvalue weighted by atomic mass is 10.1. The maximum absolute atomic E-state index is 13.1. The molecule has 0 radical (unpaired) electrons. The Labute approximate surface area is 183 Å². The van der Waals surface area contributed by atoms with Crippen LogP contribution in [-0.2, 0) is 7.05 Å². The Morgan fingerprint density at radius 1 is 0.935 bits per heavy atom. The Bertz CT molecular complexity index is 1360. The van der Waals surface area contributed by atoms with Gasteiger partial charge in [-0.2, -0.15) is 0 Å². The molecule has 0 aliphatic rings. The van der Waals surface area contributed by atoms with Crippen molar-refractivity contribution in [2.45, 2.75) is 5.16 Å². The number of carbonyl (C=O) groups is 1. The molecular formula is C24H19N5OS. The summed E-state index contributed by atoms with van der Waals surface area (Å²) in [5.41, 5.74) is 3.63. The number of rotatable bonds is 6. The molecule has 0 saturated carbocycles. The number of ketones is 1. The molecule has 0 atom stereocenters. The van der Waals surface area contributed by atoms with Crippen LogP contribution >= 0.6 is 11.8 Å². The van der Waals surface area contributed by atoms with Crippen molar-refractivity contribution in [2.75, 3.05) is 5.75 Å². The first-order chi connectivity index (χ1) is 15.2. The van der Waals surface area contributed by atoms with E-state index in [1.165, 1.54) is 11.8 Å². The van der Waals surface area contributed by atoms with E-state index in [2.05, 4.69) is 15.2 Å². The number of Topliss-reactive ketones (excluding diaryl/α,β-unsaturated/α-hetero) is 1. The first-order valence-electron chi connectivity index (χ1n) is 9.83. The molecule has 6 nitrogen and oxygen atoms in total. The standard InChI is InChI=1S/C24H19N5OS/c1-28-15-20(19-9-5-6-10-21(19)28)22(30)16-31-24-27-26-23(17-11-13-25-14-12-17)29(24)18-7-3-2-4-8-18/h2-15H,16H2,1H3. The van der Waals surface area contributed by atoms with E-state index in [0.717, 1.165) is 27.7 Å². The van der Waals surface area contributed by atoms with E-state index >= 15 is 0 Å². The van der Waals surface area contributed by atoms with Gasteiger partial charge in [-0.25, -0.2) is 0 Å². The molecule has 31 heavy (non-hydrogen) atoms. The first-order valence-corrected chi connectivity index (χ1v) is 10.8. The number of para-hydroxylation sites is 2. The molecule has 5 rings (SSSR count). The minimum absolute atomic E-state index is 0.0647. The van der Waals surface area contributed by atoms with E-state index < -0.39 is 0 Å². The van der Waals surface area contributed by atoms with Gasteiger partial charge in [-0.3, -0.25) is 14.3 Å². The average Bonchev–Trinajstić information content (AvgIpc) is 3.40. The topological polar surface area (TPSA) is 65.6 Å². The summed E-state index contributed by atoms with van der Waals surface area (Å²) in [5.74, 6) is 1.05. The van der Waals surface area contributed by atoms with E-state index in [0.29, 0.717) is 11.0 Å². The minimum atomic E-state index is 0.0647. The lowest BCUT2D eigenvalue weighted by Gasteiger charge is -2.10. The lowest BCUT2D eigenvalue weighted by molar-refractivity contribution is 0.102. The smallest absolute Gasteiger partial charge is 0.196 e. The summed E-state index contributed by atoms with van der Waals surface area (Å²) in [5, 5.41) is 10.5. The van der Waals surface area contributed by atoms with Crippen LogP contribution in [-0.4, -0.2) is 35.9 Å². The monoisotopic (exact) mass is 425 g/mol. The van der Waals surface area contributed by atoms with Gasteiger partial charge in [0.15, 0.2) is 16.8 Å². The normalized spacial score (nSPS) is 11.1. The maximum atomic E-state index is 13.1. The minimum Gasteiger partial charge on any atom is -0.350 e. The summed E-state index contributed by atoms with van der Waals surface area (Å²) in [6, 6.07) is 21.7. The van der Waals surface area contributed by atoms with Crippen LogP contribution in [0.5, 0.6) is 0 Å². The van der Waals surface area contributed by atoms with Crippen LogP contribution in [0.3, 0.4) is 0 Å². The SMILES string of the molecule is Cn1cc(C(=O)CSc2nnc(-c3ccncc3)n2-c2ccccc2)c2ccccc21. The Hall–Kier alpha value is -3.71. The summed E-state index contributed by atoms with van der Waals surface area (Å²) in [6.45, 7) is 0. The number of hydrogen-bond acceptors (Lipinski definition) is 5. The fraction of sp³-hybridized carbons (Fsp3) is 0.0833. The van der Waals surface area contributed by atoms with Crippen LogP contribution in [0.15, 0.2) is 90.5 Å². The van der Waals surface area contributed by atoms with E-state index in [9.17, 15) is 4.79 Å². The van der Waals surface area contributed by atoms with Crippen molar-refractivity contribution in [3.05, 3.63) is 90.9 Å². The van der Waals surface area contributed by atoms with Gasteiger partial charge in [0.1, 0.15) is 0 Å². The third kappa shape index (κ3) is 3.64. The molecule has 0 amide bonds. The van der Waals surface area contributed by atoms with Gasteiger partial charge in [0, 0.05) is 53.4 Å². The van der Waals surface area contributed by atoms with Crippen molar-refractivity contribution in [2.24, 2.45) is 7.05 Å². The molecule has 0 N–H and O–H groups in total. The molecule has 3 aromatic heterocycles. The Balaban J connectivity index is 1.48. The van der Waals surface area contributed by atoms with Crippen LogP contribution in [0.4, 0.5) is 0 Å². The first kappa shape index (κ1) is 19.3. The fourth-order valence-electron chi connectivity index (χ4n) is 3.63. The molecule has 0 aliphatic heterocycles. The van der Waals surface area contributed by atoms with Gasteiger partial charge in [-0.05, 0) is 30.3 Å². The summed E-state index contributed by atoms with van der Waals surface area (Å²) in [6.07, 6.45) is 5.37. The lowest BCUT2D eigenvalue weighted by Crippen LogP contribution is -2.04. The Morgan fingerprint density at radius 3 is 2.48 bits per heavy atom. The predicted octanol–water partition coefficient (Wildman–Crippen LogP) is 4.80. The second-order valence-electron chi connectivity index (χ2n) is 7.10. The molecule has 0 spiro atoms. The van der Waals surface area contributed by atoms with Crippen molar-refractivity contribution in [1.29, 1.82) is 0 Å². The van der Waals surface area contributed by atoms with Crippen molar-refractivity contribution in [3.63, 3.8) is 0 Å². The number of fused-ring (bicyclic) bond motifs is 1. The summed E-state index contributed by atoms with van der Waals surface area (Å²) < 4.78 is 3.97. The molecular weight excluding hydrogens is 406 g/mol. The highest BCUT2D eigenvalue weighted by Gasteiger charge is 2.19. The van der Waals surface area contributed by atoms with E-state index in [4.69, 9.17) is 0 Å². The second kappa shape index (κ2) is 8.20. The Morgan fingerprint density at radius 2 is 1.68 bits per heavy atom. The van der Waals surface area contributed by atoms with Crippen LogP contribution in [0, 0.1) is 0 Å². The molecule has 2 aromatic carbocycles. The number of thioether (sulfide) groups is 1. The zero-order chi connectivity index (χ0) is 21.2. The van der Waals surface area contributed by atoms with Crippen molar-refractivity contribution < 1.29 is 4.79 Å². The molecule has 5 aromatic rings. The third-order valence-corrected chi connectivity index (χ3v) is 6.04. The molecule has 0 unspecified atom stereocenters. The number of benzene rings is 2. The van der Waals surface area contributed by atoms with Gasteiger partial charge in [0.05, 0.1) is 5.75 Å². The van der Waals surface area contributed by atoms with E-state index in [-0.39, 0.29) is 11.5 Å². The van der Waals surface area contributed by atoms with Gasteiger partial charge < -0.3 is 4.57 Å². The van der Waals surface area contributed by atoms with Gasteiger partial charge in [0.2, 0.25) is 0 Å². The van der Waals surface area contributed by atoms with Gasteiger partial charge >= 0.3 is 0 Å². The summed E-state index contributed by atoms with van der Waals surface area (Å²) >= 11 is 1.39. The Kier molecular flexibility index (Phi) is 5.09. The molecule has 0 aliphatic carbocycles. The number of aryl methyl sites for hydroxylation is 1. The third-order valence-electron chi connectivity index (χ3n) is 5.12. The molecule has 0 fully saturated rings. The molecule has 0 bridgehead atoms. The van der Waals surface area contributed by atoms with Crippen LogP contribution in [0.25, 0.3) is 28.0 Å². The average molecular weight is 426 g/mol. The fourth-order valence-corrected chi connectivity index (χ4v) is 4.47. The second-order valence-corrected chi connectivity index (χ2v) is 8.04. The highest BCUT2D eigenvalue weighted by atomic mass is 32.2. The summed E-state index contributed by atoms with van der Waals surface area (Å²) in [4.78, 5) is 17.2. The summed E-state index contributed by atoms with van der Waals surface area (Å²) in [7, 11) is 1.96. The zero-order valence-electron chi connectivity index (χ0n) is 16.8. The van der Waals surface area contributed by atoms with E-state index in [1.54, 1.807) is 12.4 Å². The van der Waals surface area contributed by atoms with Crippen molar-refractivity contribution >= 4 is 28.4 Å². The predicted molar refractivity (Wildman–Crippen MR) is 123 cm³/mol. The number of hydrogen-bond donors (Lipinski definition) is 0. The van der Waals surface area contributed by atoms with Crippen LogP contribution in [0.1, 0.15) is 10.4 Å². The van der Waals surface area contributed by atoms with E-state index in [1.807, 2.05) is 89.1 Å². The van der Waals surface area contributed by atoms with Crippen molar-refractivity contribution in [3.8, 4) is 17.1 Å². The van der Waals surface area contributed by atoms with Crippen LogP contribution < -0.4 is 0 Å². The number of pyridine rings is 1. The zero-order valence-corrected chi connectivity index (χ0v) is 17.7. The molecule has 7 heteroatoms. The molecule has 3 heterocycles. The quantitative estimate of drug-likeness (QED) is 0.289. The van der Waals surface area contributed by atoms with Crippen molar-refractivity contribution in [1.82, 2.24) is 24.3 Å². The maximum Gasteiger partial charge on any atom is 0.196 e.